The van der Waals surface area contributed by atoms with Gasteiger partial charge in [-0.05, 0) is 0 Å². The minimum Gasteiger partial charge on any atom is -0.300 e. The molecule has 1 atom stereocenters. The van der Waals surface area contributed by atoms with Crippen LogP contribution in [0.4, 0.5) is 26.3 Å². The van der Waals surface area contributed by atoms with Gasteiger partial charge in [-0.15, -0.1) is 0 Å². The molecule has 76 valence electrons. The second-order valence-corrected chi connectivity index (χ2v) is 1.99. The Kier molecular flexibility index (Phi) is 3.07. The fourth-order valence-corrected chi connectivity index (χ4v) is 0.400. The zero-order valence-electron chi connectivity index (χ0n) is 5.74. The monoisotopic (exact) mass is 208 g/mol. The van der Waals surface area contributed by atoms with Crippen LogP contribution in [0, 0.1) is 0 Å². The Labute approximate surface area is 67.5 Å². The van der Waals surface area contributed by atoms with E-state index in [0.29, 0.717) is 0 Å². The van der Waals surface area contributed by atoms with Crippen molar-refractivity contribution in [2.24, 2.45) is 0 Å². The largest absolute Gasteiger partial charge is 0.456 e. The van der Waals surface area contributed by atoms with Crippen LogP contribution in [0.2, 0.25) is 0 Å². The summed E-state index contributed by atoms with van der Waals surface area (Å²) in [6.45, 7) is 0. The molecule has 2 nitrogen and oxygen atoms in total. The number of Topliss-reactive ketones (excluding diaryl/α,β-unsaturated/α-hetero) is 1. The lowest BCUT2D eigenvalue weighted by Gasteiger charge is -2.16. The standard InChI is InChI=1S/C5H2F6O2/c6-2(1-12)4(7,8)3(13)5(9,10)11/h1-2H. The zero-order valence-corrected chi connectivity index (χ0v) is 5.74. The van der Waals surface area contributed by atoms with E-state index in [0.717, 1.165) is 0 Å². The van der Waals surface area contributed by atoms with Gasteiger partial charge < -0.3 is 0 Å². The number of carbonyl (C=O) groups excluding carboxylic acids is 2. The van der Waals surface area contributed by atoms with E-state index < -0.39 is 30.3 Å². The summed E-state index contributed by atoms with van der Waals surface area (Å²) in [4.78, 5) is 19.2. The fourth-order valence-electron chi connectivity index (χ4n) is 0.400. The third-order valence-corrected chi connectivity index (χ3v) is 1.03. The van der Waals surface area contributed by atoms with Crippen LogP contribution in [-0.2, 0) is 9.59 Å². The molecule has 0 amide bonds. The van der Waals surface area contributed by atoms with Crippen LogP contribution < -0.4 is 0 Å². The first-order chi connectivity index (χ1) is 5.64. The maximum Gasteiger partial charge on any atom is 0.456 e. The van der Waals surface area contributed by atoms with Crippen LogP contribution >= 0.6 is 0 Å². The molecule has 0 rings (SSSR count). The normalized spacial score (nSPS) is 15.2. The topological polar surface area (TPSA) is 34.1 Å². The molecule has 0 aromatic carbocycles. The molecular weight excluding hydrogens is 206 g/mol. The summed E-state index contributed by atoms with van der Waals surface area (Å²) in [7, 11) is 0. The molecule has 0 radical (unpaired) electrons. The van der Waals surface area contributed by atoms with Crippen molar-refractivity contribution in [3.63, 3.8) is 0 Å². The van der Waals surface area contributed by atoms with E-state index in [2.05, 4.69) is 0 Å². The van der Waals surface area contributed by atoms with Crippen molar-refractivity contribution in [2.45, 2.75) is 18.3 Å². The zero-order chi connectivity index (χ0) is 10.9. The lowest BCUT2D eigenvalue weighted by molar-refractivity contribution is -0.202. The molecule has 0 saturated carbocycles. The predicted octanol–water partition coefficient (Wildman–Crippen LogP) is 1.29. The number of hydrogen-bond donors (Lipinski definition) is 0. The Morgan fingerprint density at radius 2 is 1.54 bits per heavy atom. The molecule has 0 N–H and O–H groups in total. The van der Waals surface area contributed by atoms with Gasteiger partial charge in [-0.3, -0.25) is 9.59 Å². The maximum atomic E-state index is 12.0. The highest BCUT2D eigenvalue weighted by Gasteiger charge is 2.59. The lowest BCUT2D eigenvalue weighted by atomic mass is 10.1. The molecule has 0 aliphatic rings. The Hall–Kier alpha value is -1.08. The van der Waals surface area contributed by atoms with Gasteiger partial charge in [0.25, 0.3) is 0 Å². The van der Waals surface area contributed by atoms with Gasteiger partial charge in [0, 0.05) is 0 Å². The highest BCUT2D eigenvalue weighted by molar-refractivity contribution is 5.93. The van der Waals surface area contributed by atoms with Gasteiger partial charge in [0.2, 0.25) is 6.17 Å². The van der Waals surface area contributed by atoms with Crippen molar-refractivity contribution in [1.29, 1.82) is 0 Å². The highest BCUT2D eigenvalue weighted by Crippen LogP contribution is 2.30. The summed E-state index contributed by atoms with van der Waals surface area (Å²) in [5, 5.41) is 0. The van der Waals surface area contributed by atoms with Gasteiger partial charge in [-0.2, -0.15) is 22.0 Å². The maximum absolute atomic E-state index is 12.0. The molecule has 0 aliphatic heterocycles. The van der Waals surface area contributed by atoms with Crippen LogP contribution in [0.1, 0.15) is 0 Å². The van der Waals surface area contributed by atoms with Gasteiger partial charge in [0.15, 0.2) is 6.29 Å². The number of aldehydes is 1. The second kappa shape index (κ2) is 3.35. The smallest absolute Gasteiger partial charge is 0.300 e. The van der Waals surface area contributed by atoms with Crippen LogP contribution in [-0.4, -0.2) is 30.3 Å². The summed E-state index contributed by atoms with van der Waals surface area (Å²) in [6, 6.07) is 0. The SMILES string of the molecule is O=CC(F)C(F)(F)C(=O)C(F)(F)F. The van der Waals surface area contributed by atoms with Crippen LogP contribution in [0.3, 0.4) is 0 Å². The number of alkyl halides is 6. The average molecular weight is 208 g/mol. The molecule has 0 bridgehead atoms. The summed E-state index contributed by atoms with van der Waals surface area (Å²) >= 11 is 0. The van der Waals surface area contributed by atoms with E-state index in [4.69, 9.17) is 0 Å². The molecule has 0 fully saturated rings. The second-order valence-electron chi connectivity index (χ2n) is 1.99. The van der Waals surface area contributed by atoms with Crippen molar-refractivity contribution in [3.8, 4) is 0 Å². The molecule has 8 heteroatoms. The predicted molar refractivity (Wildman–Crippen MR) is 27.0 cm³/mol. The highest BCUT2D eigenvalue weighted by atomic mass is 19.4. The molecule has 0 aromatic rings. The van der Waals surface area contributed by atoms with E-state index in [1.165, 1.54) is 0 Å². The molecule has 0 aliphatic carbocycles. The molecule has 13 heavy (non-hydrogen) atoms. The van der Waals surface area contributed by atoms with Crippen LogP contribution in [0.5, 0.6) is 0 Å². The summed E-state index contributed by atoms with van der Waals surface area (Å²) < 4.78 is 69.9. The van der Waals surface area contributed by atoms with Crippen LogP contribution in [0.15, 0.2) is 0 Å². The van der Waals surface area contributed by atoms with E-state index in [1.54, 1.807) is 0 Å². The molecule has 0 heterocycles. The Balaban J connectivity index is 4.84. The molecule has 0 saturated heterocycles. The van der Waals surface area contributed by atoms with Crippen molar-refractivity contribution in [2.75, 3.05) is 0 Å². The number of carbonyl (C=O) groups is 2. The van der Waals surface area contributed by atoms with E-state index >= 15 is 0 Å². The van der Waals surface area contributed by atoms with E-state index in [9.17, 15) is 35.9 Å². The van der Waals surface area contributed by atoms with Crippen LogP contribution in [0.25, 0.3) is 0 Å². The average Bonchev–Trinajstić information content (AvgIpc) is 1.99. The number of rotatable bonds is 3. The van der Waals surface area contributed by atoms with Gasteiger partial charge in [0.05, 0.1) is 0 Å². The third kappa shape index (κ3) is 2.43. The first-order valence-electron chi connectivity index (χ1n) is 2.72. The molecule has 0 spiro atoms. The Bertz CT molecular complexity index is 220. The minimum absolute atomic E-state index is 1.07. The quantitative estimate of drug-likeness (QED) is 0.517. The Morgan fingerprint density at radius 3 is 1.77 bits per heavy atom. The van der Waals surface area contributed by atoms with Gasteiger partial charge >= 0.3 is 17.9 Å². The van der Waals surface area contributed by atoms with Crippen molar-refractivity contribution in [1.82, 2.24) is 0 Å². The van der Waals surface area contributed by atoms with E-state index in [-0.39, 0.29) is 0 Å². The molecular formula is C5H2F6O2. The summed E-state index contributed by atoms with van der Waals surface area (Å²) in [6.07, 6.45) is -10.7. The van der Waals surface area contributed by atoms with Gasteiger partial charge in [0.1, 0.15) is 0 Å². The minimum atomic E-state index is -5.86. The first-order valence-corrected chi connectivity index (χ1v) is 2.72. The fraction of sp³-hybridized carbons (Fsp3) is 0.600. The van der Waals surface area contributed by atoms with Crippen molar-refractivity contribution in [3.05, 3.63) is 0 Å². The number of hydrogen-bond acceptors (Lipinski definition) is 2. The van der Waals surface area contributed by atoms with Crippen molar-refractivity contribution >= 4 is 12.1 Å². The third-order valence-electron chi connectivity index (χ3n) is 1.03. The van der Waals surface area contributed by atoms with Crippen molar-refractivity contribution < 1.29 is 35.9 Å². The number of halogens is 6. The first kappa shape index (κ1) is 11.9. The molecule has 0 aromatic heterocycles. The van der Waals surface area contributed by atoms with Gasteiger partial charge in [-0.25, -0.2) is 4.39 Å². The molecule has 1 unspecified atom stereocenters. The Morgan fingerprint density at radius 1 is 1.15 bits per heavy atom. The van der Waals surface area contributed by atoms with E-state index in [1.807, 2.05) is 0 Å². The summed E-state index contributed by atoms with van der Waals surface area (Å²) in [5.74, 6) is -8.92. The lowest BCUT2D eigenvalue weighted by Crippen LogP contribution is -2.47. The number of ketones is 1. The summed E-state index contributed by atoms with van der Waals surface area (Å²) in [5.41, 5.74) is 0. The van der Waals surface area contributed by atoms with Gasteiger partial charge in [-0.1, -0.05) is 0 Å².